The molecule has 0 bridgehead atoms. The molecule has 1 aromatic heterocycles. The van der Waals surface area contributed by atoms with E-state index in [0.29, 0.717) is 11.5 Å². The molecule has 0 aliphatic rings. The van der Waals surface area contributed by atoms with Crippen molar-refractivity contribution < 1.29 is 4.79 Å². The predicted molar refractivity (Wildman–Crippen MR) is 72.6 cm³/mol. The van der Waals surface area contributed by atoms with Crippen molar-refractivity contribution in [2.24, 2.45) is 5.92 Å². The summed E-state index contributed by atoms with van der Waals surface area (Å²) in [4.78, 5) is 19.4. The lowest BCUT2D eigenvalue weighted by Gasteiger charge is -2.07. The van der Waals surface area contributed by atoms with Gasteiger partial charge in [0.05, 0.1) is 11.0 Å². The van der Waals surface area contributed by atoms with E-state index in [4.69, 9.17) is 0 Å². The van der Waals surface area contributed by atoms with Crippen LogP contribution in [0.1, 0.15) is 36.5 Å². The van der Waals surface area contributed by atoms with Gasteiger partial charge in [-0.25, -0.2) is 4.98 Å². The number of imidazole rings is 1. The van der Waals surface area contributed by atoms with Crippen LogP contribution in [0, 0.1) is 12.8 Å². The Morgan fingerprint density at radius 3 is 2.94 bits per heavy atom. The highest BCUT2D eigenvalue weighted by Crippen LogP contribution is 2.13. The minimum absolute atomic E-state index is 0.0233. The summed E-state index contributed by atoms with van der Waals surface area (Å²) in [5.74, 6) is 1.44. The minimum Gasteiger partial charge on any atom is -0.352 e. The van der Waals surface area contributed by atoms with Crippen molar-refractivity contribution in [3.63, 3.8) is 0 Å². The van der Waals surface area contributed by atoms with Crippen molar-refractivity contribution in [3.05, 3.63) is 29.6 Å². The summed E-state index contributed by atoms with van der Waals surface area (Å²) >= 11 is 0. The summed E-state index contributed by atoms with van der Waals surface area (Å²) in [6, 6.07) is 5.53. The molecule has 0 saturated carbocycles. The van der Waals surface area contributed by atoms with Crippen LogP contribution in [0.3, 0.4) is 0 Å². The van der Waals surface area contributed by atoms with Gasteiger partial charge in [-0.05, 0) is 37.5 Å². The Hall–Kier alpha value is -1.84. The van der Waals surface area contributed by atoms with Crippen LogP contribution in [0.25, 0.3) is 11.0 Å². The average molecular weight is 245 g/mol. The molecular weight excluding hydrogens is 226 g/mol. The number of carbonyl (C=O) groups is 1. The van der Waals surface area contributed by atoms with Crippen molar-refractivity contribution in [2.75, 3.05) is 6.54 Å². The number of hydrogen-bond acceptors (Lipinski definition) is 2. The highest BCUT2D eigenvalue weighted by Gasteiger charge is 2.07. The topological polar surface area (TPSA) is 57.8 Å². The number of amides is 1. The number of nitrogens with zero attached hydrogens (tertiary/aromatic N) is 1. The fourth-order valence-corrected chi connectivity index (χ4v) is 1.85. The first-order valence-electron chi connectivity index (χ1n) is 6.31. The van der Waals surface area contributed by atoms with Gasteiger partial charge in [0, 0.05) is 12.1 Å². The number of aromatic amines is 1. The van der Waals surface area contributed by atoms with E-state index < -0.39 is 0 Å². The lowest BCUT2D eigenvalue weighted by atomic mass is 10.1. The number of fused-ring (bicyclic) bond motifs is 1. The minimum atomic E-state index is -0.0233. The zero-order chi connectivity index (χ0) is 13.1. The van der Waals surface area contributed by atoms with E-state index in [1.807, 2.05) is 25.1 Å². The molecule has 0 unspecified atom stereocenters. The molecule has 4 nitrogen and oxygen atoms in total. The maximum absolute atomic E-state index is 11.9. The maximum atomic E-state index is 11.9. The molecule has 0 fully saturated rings. The second-order valence-electron chi connectivity index (χ2n) is 4.99. The number of aromatic nitrogens is 2. The molecular formula is C14H19N3O. The normalized spacial score (nSPS) is 11.1. The van der Waals surface area contributed by atoms with Crippen LogP contribution in [0.4, 0.5) is 0 Å². The molecule has 96 valence electrons. The van der Waals surface area contributed by atoms with Crippen molar-refractivity contribution >= 4 is 16.9 Å². The van der Waals surface area contributed by atoms with E-state index >= 15 is 0 Å². The van der Waals surface area contributed by atoms with E-state index in [9.17, 15) is 4.79 Å². The Labute approximate surface area is 107 Å². The smallest absolute Gasteiger partial charge is 0.251 e. The summed E-state index contributed by atoms with van der Waals surface area (Å²) in [6.45, 7) is 6.91. The number of nitrogens with one attached hydrogen (secondary N) is 2. The Bertz CT molecular complexity index is 557. The van der Waals surface area contributed by atoms with E-state index in [2.05, 4.69) is 29.1 Å². The largest absolute Gasteiger partial charge is 0.352 e. The molecule has 2 rings (SSSR count). The number of carbonyl (C=O) groups excluding carboxylic acids is 1. The molecule has 0 radical (unpaired) electrons. The molecule has 0 aliphatic heterocycles. The average Bonchev–Trinajstić information content (AvgIpc) is 2.67. The van der Waals surface area contributed by atoms with Crippen molar-refractivity contribution in [1.29, 1.82) is 0 Å². The summed E-state index contributed by atoms with van der Waals surface area (Å²) in [6.07, 6.45) is 0.997. The molecule has 2 N–H and O–H groups in total. The van der Waals surface area contributed by atoms with Crippen LogP contribution in [-0.4, -0.2) is 22.4 Å². The maximum Gasteiger partial charge on any atom is 0.251 e. The molecule has 4 heteroatoms. The van der Waals surface area contributed by atoms with E-state index in [1.54, 1.807) is 0 Å². The second-order valence-corrected chi connectivity index (χ2v) is 4.99. The fraction of sp³-hybridized carbons (Fsp3) is 0.429. The first kappa shape index (κ1) is 12.6. The lowest BCUT2D eigenvalue weighted by molar-refractivity contribution is 0.0952. The van der Waals surface area contributed by atoms with Crippen molar-refractivity contribution in [1.82, 2.24) is 15.3 Å². The molecule has 18 heavy (non-hydrogen) atoms. The highest BCUT2D eigenvalue weighted by molar-refractivity contribution is 5.97. The number of hydrogen-bond donors (Lipinski definition) is 2. The van der Waals surface area contributed by atoms with Crippen LogP contribution < -0.4 is 5.32 Å². The molecule has 1 aromatic carbocycles. The Kier molecular flexibility index (Phi) is 3.65. The van der Waals surface area contributed by atoms with E-state index in [0.717, 1.165) is 29.8 Å². The van der Waals surface area contributed by atoms with Gasteiger partial charge < -0.3 is 10.3 Å². The van der Waals surface area contributed by atoms with Crippen LogP contribution in [0.5, 0.6) is 0 Å². The zero-order valence-electron chi connectivity index (χ0n) is 11.1. The first-order chi connectivity index (χ1) is 8.56. The van der Waals surface area contributed by atoms with Crippen molar-refractivity contribution in [2.45, 2.75) is 27.2 Å². The molecule has 0 atom stereocenters. The predicted octanol–water partition coefficient (Wildman–Crippen LogP) is 2.65. The first-order valence-corrected chi connectivity index (χ1v) is 6.31. The van der Waals surface area contributed by atoms with Crippen LogP contribution in [0.2, 0.25) is 0 Å². The van der Waals surface area contributed by atoms with Crippen LogP contribution in [0.15, 0.2) is 18.2 Å². The number of H-pyrrole nitrogens is 1. The summed E-state index contributed by atoms with van der Waals surface area (Å²) in [5, 5.41) is 2.93. The number of benzene rings is 1. The molecule has 1 heterocycles. The molecule has 0 aliphatic carbocycles. The van der Waals surface area contributed by atoms with Crippen LogP contribution in [-0.2, 0) is 0 Å². The zero-order valence-corrected chi connectivity index (χ0v) is 11.1. The SMILES string of the molecule is Cc1nc2ccc(C(=O)NCCC(C)C)cc2[nH]1. The van der Waals surface area contributed by atoms with Crippen LogP contribution >= 0.6 is 0 Å². The lowest BCUT2D eigenvalue weighted by Crippen LogP contribution is -2.25. The second kappa shape index (κ2) is 5.21. The van der Waals surface area contributed by atoms with Gasteiger partial charge in [-0.1, -0.05) is 13.8 Å². The standard InChI is InChI=1S/C14H19N3O/c1-9(2)6-7-15-14(18)11-4-5-12-13(8-11)17-10(3)16-12/h4-5,8-9H,6-7H2,1-3H3,(H,15,18)(H,16,17). The fourth-order valence-electron chi connectivity index (χ4n) is 1.85. The Morgan fingerprint density at radius 2 is 2.22 bits per heavy atom. The molecule has 0 saturated heterocycles. The van der Waals surface area contributed by atoms with Gasteiger partial charge >= 0.3 is 0 Å². The number of aryl methyl sites for hydroxylation is 1. The molecule has 1 amide bonds. The summed E-state index contributed by atoms with van der Waals surface area (Å²) in [7, 11) is 0. The van der Waals surface area contributed by atoms with Gasteiger partial charge in [0.15, 0.2) is 0 Å². The molecule has 2 aromatic rings. The van der Waals surface area contributed by atoms with Gasteiger partial charge in [0.25, 0.3) is 5.91 Å². The third kappa shape index (κ3) is 2.88. The highest BCUT2D eigenvalue weighted by atomic mass is 16.1. The van der Waals surface area contributed by atoms with Crippen molar-refractivity contribution in [3.8, 4) is 0 Å². The summed E-state index contributed by atoms with van der Waals surface area (Å²) in [5.41, 5.74) is 2.48. The monoisotopic (exact) mass is 245 g/mol. The summed E-state index contributed by atoms with van der Waals surface area (Å²) < 4.78 is 0. The molecule has 0 spiro atoms. The number of rotatable bonds is 4. The van der Waals surface area contributed by atoms with E-state index in [1.165, 1.54) is 0 Å². The quantitative estimate of drug-likeness (QED) is 0.870. The van der Waals surface area contributed by atoms with Gasteiger partial charge in [-0.15, -0.1) is 0 Å². The van der Waals surface area contributed by atoms with Gasteiger partial charge in [-0.2, -0.15) is 0 Å². The Balaban J connectivity index is 2.08. The van der Waals surface area contributed by atoms with Gasteiger partial charge in [0.2, 0.25) is 0 Å². The Morgan fingerprint density at radius 1 is 1.44 bits per heavy atom. The van der Waals surface area contributed by atoms with E-state index in [-0.39, 0.29) is 5.91 Å². The third-order valence-corrected chi connectivity index (χ3v) is 2.87. The third-order valence-electron chi connectivity index (χ3n) is 2.87. The van der Waals surface area contributed by atoms with Gasteiger partial charge in [0.1, 0.15) is 5.82 Å². The van der Waals surface area contributed by atoms with Gasteiger partial charge in [-0.3, -0.25) is 4.79 Å².